The standard InChI is InChI=1S/C16H18N4OS/c21-16-9-14-13(20(16)10-12-1-4-17-5-2-12)3-7-19(14)11-15-18-6-8-22-15/h1-2,4-6,8,13-14H,3,7,9-11H2/t13-,14+/m1/s1. The second-order valence-corrected chi connectivity index (χ2v) is 6.88. The fraction of sp³-hybridized carbons (Fsp3) is 0.438. The molecular formula is C16H18N4OS. The van der Waals surface area contributed by atoms with Gasteiger partial charge in [0.15, 0.2) is 0 Å². The zero-order valence-corrected chi connectivity index (χ0v) is 13.1. The molecule has 2 aromatic heterocycles. The molecule has 114 valence electrons. The molecule has 0 unspecified atom stereocenters. The minimum atomic E-state index is 0.274. The molecule has 2 saturated heterocycles. The van der Waals surface area contributed by atoms with E-state index < -0.39 is 0 Å². The molecule has 0 bridgehead atoms. The van der Waals surface area contributed by atoms with Gasteiger partial charge in [0.25, 0.3) is 0 Å². The fourth-order valence-corrected chi connectivity index (χ4v) is 4.24. The van der Waals surface area contributed by atoms with Gasteiger partial charge in [-0.2, -0.15) is 0 Å². The third-order valence-electron chi connectivity index (χ3n) is 4.65. The molecule has 1 amide bonds. The van der Waals surface area contributed by atoms with E-state index in [4.69, 9.17) is 0 Å². The van der Waals surface area contributed by atoms with E-state index in [1.807, 2.05) is 23.7 Å². The molecule has 0 saturated carbocycles. The predicted molar refractivity (Wildman–Crippen MR) is 84.1 cm³/mol. The van der Waals surface area contributed by atoms with Crippen molar-refractivity contribution in [3.8, 4) is 0 Å². The molecular weight excluding hydrogens is 296 g/mol. The van der Waals surface area contributed by atoms with Crippen molar-refractivity contribution < 1.29 is 4.79 Å². The van der Waals surface area contributed by atoms with Crippen LogP contribution in [-0.4, -0.2) is 44.3 Å². The number of hydrogen-bond donors (Lipinski definition) is 0. The number of amides is 1. The molecule has 2 atom stereocenters. The summed E-state index contributed by atoms with van der Waals surface area (Å²) in [7, 11) is 0. The summed E-state index contributed by atoms with van der Waals surface area (Å²) in [6.07, 6.45) is 7.13. The molecule has 22 heavy (non-hydrogen) atoms. The van der Waals surface area contributed by atoms with Crippen LogP contribution in [0.2, 0.25) is 0 Å². The molecule has 0 spiro atoms. The van der Waals surface area contributed by atoms with E-state index in [1.54, 1.807) is 23.7 Å². The fourth-order valence-electron chi connectivity index (χ4n) is 3.60. The van der Waals surface area contributed by atoms with E-state index in [1.165, 1.54) is 0 Å². The molecule has 5 nitrogen and oxygen atoms in total. The van der Waals surface area contributed by atoms with Crippen LogP contribution in [0.25, 0.3) is 0 Å². The van der Waals surface area contributed by atoms with E-state index in [2.05, 4.69) is 19.8 Å². The van der Waals surface area contributed by atoms with Crippen LogP contribution in [0, 0.1) is 0 Å². The number of likely N-dealkylation sites (tertiary alicyclic amines) is 2. The first-order chi connectivity index (χ1) is 10.8. The number of pyridine rings is 1. The van der Waals surface area contributed by atoms with Gasteiger partial charge in [-0.05, 0) is 24.1 Å². The monoisotopic (exact) mass is 314 g/mol. The summed E-state index contributed by atoms with van der Waals surface area (Å²) in [5, 5.41) is 3.15. The molecule has 0 N–H and O–H groups in total. The van der Waals surface area contributed by atoms with Crippen molar-refractivity contribution in [2.75, 3.05) is 6.54 Å². The Morgan fingerprint density at radius 3 is 2.82 bits per heavy atom. The van der Waals surface area contributed by atoms with E-state index in [9.17, 15) is 4.79 Å². The number of fused-ring (bicyclic) bond motifs is 1. The molecule has 0 aliphatic carbocycles. The van der Waals surface area contributed by atoms with Crippen molar-refractivity contribution in [2.45, 2.75) is 38.0 Å². The molecule has 6 heteroatoms. The van der Waals surface area contributed by atoms with Gasteiger partial charge in [0.1, 0.15) is 5.01 Å². The Hall–Kier alpha value is -1.79. The maximum atomic E-state index is 12.4. The number of rotatable bonds is 4. The number of nitrogens with zero attached hydrogens (tertiary/aromatic N) is 4. The topological polar surface area (TPSA) is 49.3 Å². The molecule has 0 radical (unpaired) electrons. The first-order valence-electron chi connectivity index (χ1n) is 7.62. The average Bonchev–Trinajstić information content (AvgIpc) is 3.23. The highest BCUT2D eigenvalue weighted by atomic mass is 32.1. The van der Waals surface area contributed by atoms with Crippen molar-refractivity contribution >= 4 is 17.2 Å². The molecule has 2 aliphatic rings. The summed E-state index contributed by atoms with van der Waals surface area (Å²) in [6.45, 7) is 2.62. The summed E-state index contributed by atoms with van der Waals surface area (Å²) in [4.78, 5) is 25.3. The molecule has 0 aromatic carbocycles. The third kappa shape index (κ3) is 2.53. The SMILES string of the molecule is O=C1C[C@H]2[C@@H](CCN2Cc2nccs2)N1Cc1ccncc1. The minimum absolute atomic E-state index is 0.274. The Kier molecular flexibility index (Phi) is 3.63. The van der Waals surface area contributed by atoms with E-state index in [-0.39, 0.29) is 5.91 Å². The Balaban J connectivity index is 1.47. The lowest BCUT2D eigenvalue weighted by atomic mass is 10.1. The lowest BCUT2D eigenvalue weighted by Crippen LogP contribution is -2.36. The summed E-state index contributed by atoms with van der Waals surface area (Å²) >= 11 is 1.69. The first-order valence-corrected chi connectivity index (χ1v) is 8.50. The Labute approximate surface area is 133 Å². The smallest absolute Gasteiger partial charge is 0.224 e. The zero-order chi connectivity index (χ0) is 14.9. The van der Waals surface area contributed by atoms with Crippen LogP contribution in [0.5, 0.6) is 0 Å². The van der Waals surface area contributed by atoms with E-state index >= 15 is 0 Å². The Morgan fingerprint density at radius 2 is 2.05 bits per heavy atom. The van der Waals surface area contributed by atoms with E-state index in [0.717, 1.165) is 30.1 Å². The van der Waals surface area contributed by atoms with Gasteiger partial charge in [0.05, 0.1) is 6.54 Å². The second kappa shape index (κ2) is 5.78. The van der Waals surface area contributed by atoms with Crippen molar-refractivity contribution in [3.05, 3.63) is 46.7 Å². The maximum absolute atomic E-state index is 12.4. The van der Waals surface area contributed by atoms with Crippen LogP contribution in [0.4, 0.5) is 0 Å². The van der Waals surface area contributed by atoms with Crippen molar-refractivity contribution in [1.29, 1.82) is 0 Å². The Bertz CT molecular complexity index is 645. The van der Waals surface area contributed by atoms with Crippen molar-refractivity contribution in [3.63, 3.8) is 0 Å². The van der Waals surface area contributed by atoms with Crippen molar-refractivity contribution in [1.82, 2.24) is 19.8 Å². The molecule has 2 aliphatic heterocycles. The van der Waals surface area contributed by atoms with Gasteiger partial charge in [-0.15, -0.1) is 11.3 Å². The number of thiazole rings is 1. The van der Waals surface area contributed by atoms with Gasteiger partial charge in [-0.25, -0.2) is 4.98 Å². The van der Waals surface area contributed by atoms with Crippen molar-refractivity contribution in [2.24, 2.45) is 0 Å². The quantitative estimate of drug-likeness (QED) is 0.865. The van der Waals surface area contributed by atoms with Crippen LogP contribution in [0.3, 0.4) is 0 Å². The number of carbonyl (C=O) groups excluding carboxylic acids is 1. The highest BCUT2D eigenvalue weighted by molar-refractivity contribution is 7.09. The van der Waals surface area contributed by atoms with Gasteiger partial charge >= 0.3 is 0 Å². The van der Waals surface area contributed by atoms with Gasteiger partial charge in [-0.3, -0.25) is 14.7 Å². The predicted octanol–water partition coefficient (Wildman–Crippen LogP) is 1.91. The molecule has 2 aromatic rings. The van der Waals surface area contributed by atoms with Gasteiger partial charge in [0, 0.05) is 55.6 Å². The number of aromatic nitrogens is 2. The zero-order valence-electron chi connectivity index (χ0n) is 12.3. The highest BCUT2D eigenvalue weighted by Crippen LogP contribution is 2.34. The van der Waals surface area contributed by atoms with Gasteiger partial charge in [-0.1, -0.05) is 0 Å². The van der Waals surface area contributed by atoms with Crippen LogP contribution in [-0.2, 0) is 17.9 Å². The summed E-state index contributed by atoms with van der Waals surface area (Å²) < 4.78 is 0. The number of carbonyl (C=O) groups is 1. The first kappa shape index (κ1) is 13.8. The lowest BCUT2D eigenvalue weighted by molar-refractivity contribution is -0.129. The normalized spacial score (nSPS) is 24.9. The average molecular weight is 314 g/mol. The highest BCUT2D eigenvalue weighted by Gasteiger charge is 2.46. The number of hydrogen-bond acceptors (Lipinski definition) is 5. The molecule has 4 heterocycles. The van der Waals surface area contributed by atoms with E-state index in [0.29, 0.717) is 25.0 Å². The van der Waals surface area contributed by atoms with Crippen LogP contribution >= 0.6 is 11.3 Å². The van der Waals surface area contributed by atoms with Crippen LogP contribution < -0.4 is 0 Å². The maximum Gasteiger partial charge on any atom is 0.224 e. The third-order valence-corrected chi connectivity index (χ3v) is 5.42. The van der Waals surface area contributed by atoms with Crippen LogP contribution in [0.1, 0.15) is 23.4 Å². The molecule has 4 rings (SSSR count). The summed E-state index contributed by atoms with van der Waals surface area (Å²) in [5.41, 5.74) is 1.15. The molecule has 2 fully saturated rings. The largest absolute Gasteiger partial charge is 0.334 e. The Morgan fingerprint density at radius 1 is 1.18 bits per heavy atom. The van der Waals surface area contributed by atoms with Gasteiger partial charge in [0.2, 0.25) is 5.91 Å². The van der Waals surface area contributed by atoms with Crippen LogP contribution in [0.15, 0.2) is 36.1 Å². The van der Waals surface area contributed by atoms with Gasteiger partial charge < -0.3 is 4.90 Å². The summed E-state index contributed by atoms with van der Waals surface area (Å²) in [5.74, 6) is 0.274. The minimum Gasteiger partial charge on any atom is -0.334 e. The second-order valence-electron chi connectivity index (χ2n) is 5.90. The summed E-state index contributed by atoms with van der Waals surface area (Å²) in [6, 6.07) is 4.67. The lowest BCUT2D eigenvalue weighted by Gasteiger charge is -2.25.